The number of ether oxygens (including phenoxy) is 4. The fourth-order valence-electron chi connectivity index (χ4n) is 5.31. The Labute approximate surface area is 211 Å². The highest BCUT2D eigenvalue weighted by Gasteiger charge is 2.64. The van der Waals surface area contributed by atoms with Gasteiger partial charge >= 0.3 is 11.9 Å². The van der Waals surface area contributed by atoms with Crippen LogP contribution in [0.25, 0.3) is 0 Å². The molecule has 3 aromatic rings. The molecule has 0 radical (unpaired) electrons. The maximum atomic E-state index is 13.5. The molecule has 0 aliphatic carbocycles. The molecule has 0 bridgehead atoms. The number of carbonyl (C=O) groups is 2. The van der Waals surface area contributed by atoms with Crippen molar-refractivity contribution in [3.05, 3.63) is 95.6 Å². The number of likely N-dealkylation sites (tertiary alicyclic amines) is 1. The van der Waals surface area contributed by atoms with E-state index in [1.165, 1.54) is 14.2 Å². The second-order valence-electron chi connectivity index (χ2n) is 8.74. The largest absolute Gasteiger partial charge is 0.497 e. The van der Waals surface area contributed by atoms with Gasteiger partial charge < -0.3 is 18.9 Å². The van der Waals surface area contributed by atoms with E-state index in [1.54, 1.807) is 14.2 Å². The van der Waals surface area contributed by atoms with Crippen LogP contribution in [0.3, 0.4) is 0 Å². The second-order valence-corrected chi connectivity index (χ2v) is 8.74. The number of carbonyl (C=O) groups excluding carboxylic acids is 2. The van der Waals surface area contributed by atoms with Gasteiger partial charge in [-0.05, 0) is 35.7 Å². The standard InChI is InChI=1S/C29H31NO6/c1-33-23-16-14-20(15-17-23)24-18-29(27(31)35-3,28(32)36-4)26(21-10-6-5-7-11-21)30(24)19-22-12-8-9-13-25(22)34-2/h5-17,24,26H,18-19H2,1-4H3/t24-,26-/m1/s1. The van der Waals surface area contributed by atoms with Crippen molar-refractivity contribution in [1.82, 2.24) is 4.90 Å². The predicted molar refractivity (Wildman–Crippen MR) is 135 cm³/mol. The molecule has 1 fully saturated rings. The molecule has 4 rings (SSSR count). The number of benzene rings is 3. The van der Waals surface area contributed by atoms with Gasteiger partial charge in [-0.1, -0.05) is 60.7 Å². The number of nitrogens with zero attached hydrogens (tertiary/aromatic N) is 1. The quantitative estimate of drug-likeness (QED) is 0.335. The van der Waals surface area contributed by atoms with E-state index in [9.17, 15) is 9.59 Å². The summed E-state index contributed by atoms with van der Waals surface area (Å²) < 4.78 is 21.5. The lowest BCUT2D eigenvalue weighted by Gasteiger charge is -2.35. The van der Waals surface area contributed by atoms with Crippen LogP contribution in [0.15, 0.2) is 78.9 Å². The van der Waals surface area contributed by atoms with Crippen LogP contribution in [0.1, 0.15) is 35.2 Å². The van der Waals surface area contributed by atoms with E-state index in [4.69, 9.17) is 18.9 Å². The normalized spacial score (nSPS) is 18.9. The van der Waals surface area contributed by atoms with Crippen molar-refractivity contribution in [2.75, 3.05) is 28.4 Å². The number of rotatable bonds is 8. The van der Waals surface area contributed by atoms with E-state index in [0.29, 0.717) is 6.54 Å². The lowest BCUT2D eigenvalue weighted by atomic mass is 9.75. The van der Waals surface area contributed by atoms with Gasteiger partial charge in [-0.25, -0.2) is 0 Å². The van der Waals surface area contributed by atoms with Crippen LogP contribution in [0.4, 0.5) is 0 Å². The zero-order valence-corrected chi connectivity index (χ0v) is 21.0. The minimum absolute atomic E-state index is 0.188. The van der Waals surface area contributed by atoms with Crippen molar-refractivity contribution in [3.8, 4) is 11.5 Å². The monoisotopic (exact) mass is 489 g/mol. The highest BCUT2D eigenvalue weighted by atomic mass is 16.5. The molecule has 1 heterocycles. The number of methoxy groups -OCH3 is 4. The number of para-hydroxylation sites is 1. The van der Waals surface area contributed by atoms with Crippen LogP contribution in [0.5, 0.6) is 11.5 Å². The van der Waals surface area contributed by atoms with Crippen molar-refractivity contribution >= 4 is 11.9 Å². The van der Waals surface area contributed by atoms with Gasteiger partial charge in [0.2, 0.25) is 0 Å². The molecular weight excluding hydrogens is 458 g/mol. The smallest absolute Gasteiger partial charge is 0.325 e. The Morgan fingerprint density at radius 2 is 1.39 bits per heavy atom. The zero-order chi connectivity index (χ0) is 25.7. The Bertz CT molecular complexity index is 1180. The highest BCUT2D eigenvalue weighted by molar-refractivity contribution is 6.01. The van der Waals surface area contributed by atoms with E-state index in [0.717, 1.165) is 28.2 Å². The SMILES string of the molecule is COC(=O)C1(C(=O)OC)C[C@H](c2ccc(OC)cc2)N(Cc2ccccc2OC)[C@@H]1c1ccccc1. The summed E-state index contributed by atoms with van der Waals surface area (Å²) in [6.07, 6.45) is 0.188. The van der Waals surface area contributed by atoms with E-state index < -0.39 is 23.4 Å². The van der Waals surface area contributed by atoms with Gasteiger partial charge in [0.15, 0.2) is 5.41 Å². The predicted octanol–water partition coefficient (Wildman–Crippen LogP) is 4.72. The lowest BCUT2D eigenvalue weighted by molar-refractivity contribution is -0.171. The Hall–Kier alpha value is -3.84. The summed E-state index contributed by atoms with van der Waals surface area (Å²) in [6.45, 7) is 0.427. The summed E-state index contributed by atoms with van der Waals surface area (Å²) in [4.78, 5) is 29.2. The van der Waals surface area contributed by atoms with Crippen LogP contribution < -0.4 is 9.47 Å². The molecule has 1 saturated heterocycles. The summed E-state index contributed by atoms with van der Waals surface area (Å²) in [5.41, 5.74) is 1.13. The van der Waals surface area contributed by atoms with Crippen LogP contribution in [0.2, 0.25) is 0 Å². The molecule has 0 N–H and O–H groups in total. The first kappa shape index (κ1) is 25.3. The highest BCUT2D eigenvalue weighted by Crippen LogP contribution is 2.57. The fraction of sp³-hybridized carbons (Fsp3) is 0.310. The third-order valence-electron chi connectivity index (χ3n) is 6.97. The van der Waals surface area contributed by atoms with Crippen molar-refractivity contribution in [2.24, 2.45) is 5.41 Å². The Balaban J connectivity index is 1.95. The molecule has 0 spiro atoms. The Morgan fingerprint density at radius 3 is 1.97 bits per heavy atom. The summed E-state index contributed by atoms with van der Waals surface area (Å²) in [7, 11) is 5.86. The number of hydrogen-bond donors (Lipinski definition) is 0. The minimum atomic E-state index is -1.57. The molecule has 7 nitrogen and oxygen atoms in total. The van der Waals surface area contributed by atoms with Gasteiger partial charge in [0.1, 0.15) is 11.5 Å². The third-order valence-corrected chi connectivity index (χ3v) is 6.97. The second kappa shape index (κ2) is 10.8. The van der Waals surface area contributed by atoms with Crippen LogP contribution in [-0.4, -0.2) is 45.3 Å². The van der Waals surface area contributed by atoms with Crippen molar-refractivity contribution in [2.45, 2.75) is 25.0 Å². The molecule has 188 valence electrons. The molecule has 7 heteroatoms. The van der Waals surface area contributed by atoms with Crippen LogP contribution in [0, 0.1) is 5.41 Å². The van der Waals surface area contributed by atoms with Gasteiger partial charge in [-0.2, -0.15) is 0 Å². The first-order valence-corrected chi connectivity index (χ1v) is 11.7. The molecule has 0 unspecified atom stereocenters. The molecule has 2 atom stereocenters. The van der Waals surface area contributed by atoms with Crippen molar-refractivity contribution < 1.29 is 28.5 Å². The third kappa shape index (κ3) is 4.42. The summed E-state index contributed by atoms with van der Waals surface area (Å²) in [5, 5.41) is 0. The van der Waals surface area contributed by atoms with Gasteiger partial charge in [-0.3, -0.25) is 14.5 Å². The van der Waals surface area contributed by atoms with Gasteiger partial charge in [-0.15, -0.1) is 0 Å². The minimum Gasteiger partial charge on any atom is -0.497 e. The van der Waals surface area contributed by atoms with Crippen LogP contribution in [-0.2, 0) is 25.6 Å². The first-order chi connectivity index (χ1) is 17.5. The molecule has 0 aromatic heterocycles. The molecule has 0 saturated carbocycles. The van der Waals surface area contributed by atoms with Gasteiger partial charge in [0.25, 0.3) is 0 Å². The topological polar surface area (TPSA) is 74.3 Å². The molecule has 3 aromatic carbocycles. The van der Waals surface area contributed by atoms with E-state index >= 15 is 0 Å². The molecule has 1 aliphatic heterocycles. The number of hydrogen-bond acceptors (Lipinski definition) is 7. The van der Waals surface area contributed by atoms with Gasteiger partial charge in [0, 0.05) is 18.2 Å². The first-order valence-electron chi connectivity index (χ1n) is 11.7. The molecule has 1 aliphatic rings. The maximum absolute atomic E-state index is 13.5. The zero-order valence-electron chi connectivity index (χ0n) is 21.0. The Morgan fingerprint density at radius 1 is 0.778 bits per heavy atom. The summed E-state index contributed by atoms with van der Waals surface area (Å²) in [6, 6.07) is 24.0. The lowest BCUT2D eigenvalue weighted by Crippen LogP contribution is -2.45. The maximum Gasteiger partial charge on any atom is 0.325 e. The van der Waals surface area contributed by atoms with E-state index in [2.05, 4.69) is 4.90 Å². The average Bonchev–Trinajstić information content (AvgIpc) is 3.28. The fourth-order valence-corrected chi connectivity index (χ4v) is 5.31. The van der Waals surface area contributed by atoms with Crippen LogP contribution >= 0.6 is 0 Å². The Kier molecular flexibility index (Phi) is 7.60. The van der Waals surface area contributed by atoms with E-state index in [-0.39, 0.29) is 12.5 Å². The van der Waals surface area contributed by atoms with E-state index in [1.807, 2.05) is 78.9 Å². The van der Waals surface area contributed by atoms with Crippen molar-refractivity contribution in [3.63, 3.8) is 0 Å². The van der Waals surface area contributed by atoms with Gasteiger partial charge in [0.05, 0.1) is 34.5 Å². The molecule has 36 heavy (non-hydrogen) atoms. The average molecular weight is 490 g/mol. The summed E-state index contributed by atoms with van der Waals surface area (Å²) >= 11 is 0. The summed E-state index contributed by atoms with van der Waals surface area (Å²) in [5.74, 6) is 0.208. The molecule has 0 amide bonds. The van der Waals surface area contributed by atoms with Crippen molar-refractivity contribution in [1.29, 1.82) is 0 Å². The number of esters is 2. The molecular formula is C29H31NO6.